The van der Waals surface area contributed by atoms with Crippen LogP contribution in [0.1, 0.15) is 57.2 Å². The Morgan fingerprint density at radius 2 is 1.96 bits per heavy atom. The number of anilines is 1. The quantitative estimate of drug-likeness (QED) is 0.867. The van der Waals surface area contributed by atoms with Crippen LogP contribution in [0, 0.1) is 16.7 Å². The first-order valence-corrected chi connectivity index (χ1v) is 9.28. The number of nitriles is 1. The second-order valence-corrected chi connectivity index (χ2v) is 8.28. The van der Waals surface area contributed by atoms with E-state index in [0.717, 1.165) is 25.9 Å². The van der Waals surface area contributed by atoms with Crippen LogP contribution in [0.4, 0.5) is 5.69 Å². The highest BCUT2D eigenvalue weighted by Gasteiger charge is 2.40. The summed E-state index contributed by atoms with van der Waals surface area (Å²) in [5, 5.41) is 19.9. The summed E-state index contributed by atoms with van der Waals surface area (Å²) in [6.45, 7) is 5.03. The van der Waals surface area contributed by atoms with Crippen molar-refractivity contribution in [3.05, 3.63) is 33.7 Å². The predicted molar refractivity (Wildman–Crippen MR) is 100 cm³/mol. The van der Waals surface area contributed by atoms with Crippen molar-refractivity contribution in [3.8, 4) is 6.07 Å². The molecular weight excluding hydrogens is 328 g/mol. The molecule has 1 spiro atoms. The van der Waals surface area contributed by atoms with Gasteiger partial charge in [-0.3, -0.25) is 4.79 Å². The van der Waals surface area contributed by atoms with Crippen LogP contribution in [0.15, 0.2) is 16.9 Å². The molecule has 136 valence electrons. The molecule has 2 N–H and O–H groups in total. The van der Waals surface area contributed by atoms with Crippen molar-refractivity contribution in [2.45, 2.75) is 51.6 Å². The third-order valence-electron chi connectivity index (χ3n) is 6.12. The average Bonchev–Trinajstić information content (AvgIpc) is 2.58. The van der Waals surface area contributed by atoms with Crippen LogP contribution in [0.3, 0.4) is 0 Å². The van der Waals surface area contributed by atoms with E-state index in [-0.39, 0.29) is 11.1 Å². The normalized spacial score (nSPS) is 19.4. The number of nitrogens with one attached hydrogen (secondary N) is 1. The fraction of sp³-hybridized carbons (Fsp3) is 0.550. The Kier molecular flexibility index (Phi) is 3.81. The van der Waals surface area contributed by atoms with Crippen molar-refractivity contribution in [3.63, 3.8) is 0 Å². The number of aliphatic hydroxyl groups is 1. The molecule has 6 nitrogen and oxygen atoms in total. The number of H-pyrrole nitrogens is 1. The molecule has 2 aromatic heterocycles. The molecule has 1 saturated heterocycles. The zero-order valence-corrected chi connectivity index (χ0v) is 15.3. The van der Waals surface area contributed by atoms with E-state index in [4.69, 9.17) is 0 Å². The Labute approximate surface area is 152 Å². The summed E-state index contributed by atoms with van der Waals surface area (Å²) in [4.78, 5) is 21.9. The van der Waals surface area contributed by atoms with Gasteiger partial charge in [-0.1, -0.05) is 6.42 Å². The van der Waals surface area contributed by atoms with Gasteiger partial charge in [-0.25, -0.2) is 4.98 Å². The molecule has 26 heavy (non-hydrogen) atoms. The van der Waals surface area contributed by atoms with Crippen LogP contribution in [-0.2, 0) is 5.60 Å². The topological polar surface area (TPSA) is 93.0 Å². The highest BCUT2D eigenvalue weighted by Crippen LogP contribution is 2.49. The lowest BCUT2D eigenvalue weighted by atomic mass is 9.63. The van der Waals surface area contributed by atoms with E-state index >= 15 is 0 Å². The summed E-state index contributed by atoms with van der Waals surface area (Å²) < 4.78 is 0. The summed E-state index contributed by atoms with van der Waals surface area (Å²) >= 11 is 0. The lowest BCUT2D eigenvalue weighted by Gasteiger charge is -2.48. The number of pyridine rings is 2. The van der Waals surface area contributed by atoms with Gasteiger partial charge in [0.25, 0.3) is 5.56 Å². The zero-order chi connectivity index (χ0) is 18.5. The lowest BCUT2D eigenvalue weighted by molar-refractivity contribution is 0.0742. The number of hydrogen-bond acceptors (Lipinski definition) is 5. The Balaban J connectivity index is 1.85. The first-order chi connectivity index (χ1) is 12.3. The molecule has 1 aliphatic heterocycles. The third kappa shape index (κ3) is 2.67. The van der Waals surface area contributed by atoms with Crippen LogP contribution in [0.25, 0.3) is 11.0 Å². The molecular formula is C20H24N4O2. The van der Waals surface area contributed by atoms with Gasteiger partial charge in [0.05, 0.1) is 16.9 Å². The van der Waals surface area contributed by atoms with Crippen LogP contribution in [-0.4, -0.2) is 28.2 Å². The van der Waals surface area contributed by atoms with Crippen molar-refractivity contribution < 1.29 is 5.11 Å². The summed E-state index contributed by atoms with van der Waals surface area (Å²) in [5.41, 5.74) is 1.45. The smallest absolute Gasteiger partial charge is 0.268 e. The van der Waals surface area contributed by atoms with Crippen LogP contribution in [0.2, 0.25) is 0 Å². The monoisotopic (exact) mass is 352 g/mol. The van der Waals surface area contributed by atoms with Gasteiger partial charge in [-0.2, -0.15) is 5.26 Å². The summed E-state index contributed by atoms with van der Waals surface area (Å²) in [6.07, 6.45) is 6.09. The molecule has 1 saturated carbocycles. The van der Waals surface area contributed by atoms with Crippen LogP contribution < -0.4 is 10.5 Å². The van der Waals surface area contributed by atoms with Gasteiger partial charge in [-0.15, -0.1) is 0 Å². The largest absolute Gasteiger partial charge is 0.384 e. The standard InChI is InChI=1S/C20H24N4O2/c1-19(2,26)15-5-4-14-16(23-15)17(13(12-21)18(25)22-14)24-10-8-20(9-11-24)6-3-7-20/h4-5,26H,3,6-11H2,1-2H3,(H,22,25). The average molecular weight is 352 g/mol. The van der Waals surface area contributed by atoms with Crippen molar-refractivity contribution >= 4 is 16.7 Å². The van der Waals surface area contributed by atoms with Gasteiger partial charge in [0.1, 0.15) is 22.8 Å². The van der Waals surface area contributed by atoms with E-state index in [1.54, 1.807) is 26.0 Å². The molecule has 2 fully saturated rings. The number of rotatable bonds is 2. The molecule has 0 aromatic carbocycles. The Morgan fingerprint density at radius 3 is 2.50 bits per heavy atom. The van der Waals surface area contributed by atoms with Crippen molar-refractivity contribution in [1.29, 1.82) is 5.26 Å². The first-order valence-electron chi connectivity index (χ1n) is 9.28. The van der Waals surface area contributed by atoms with Gasteiger partial charge < -0.3 is 15.0 Å². The Morgan fingerprint density at radius 1 is 1.27 bits per heavy atom. The van der Waals surface area contributed by atoms with E-state index in [2.05, 4.69) is 20.9 Å². The SMILES string of the molecule is CC(C)(O)c1ccc2[nH]c(=O)c(C#N)c(N3CCC4(CCC4)CC3)c2n1. The number of hydrogen-bond donors (Lipinski definition) is 2. The van der Waals surface area contributed by atoms with Crippen LogP contribution in [0.5, 0.6) is 0 Å². The summed E-state index contributed by atoms with van der Waals surface area (Å²) in [5.74, 6) is 0. The number of nitrogens with zero attached hydrogens (tertiary/aromatic N) is 3. The fourth-order valence-corrected chi connectivity index (χ4v) is 4.29. The highest BCUT2D eigenvalue weighted by molar-refractivity contribution is 5.91. The van der Waals surface area contributed by atoms with Gasteiger partial charge in [0, 0.05) is 13.1 Å². The van der Waals surface area contributed by atoms with Crippen molar-refractivity contribution in [1.82, 2.24) is 9.97 Å². The van der Waals surface area contributed by atoms with E-state index < -0.39 is 5.60 Å². The minimum absolute atomic E-state index is 0.113. The maximum absolute atomic E-state index is 12.4. The van der Waals surface area contributed by atoms with Gasteiger partial charge in [0.2, 0.25) is 0 Å². The van der Waals surface area contributed by atoms with Crippen molar-refractivity contribution in [2.24, 2.45) is 5.41 Å². The molecule has 4 rings (SSSR count). The van der Waals surface area contributed by atoms with E-state index in [9.17, 15) is 15.2 Å². The zero-order valence-electron chi connectivity index (χ0n) is 15.3. The minimum Gasteiger partial charge on any atom is -0.384 e. The second kappa shape index (κ2) is 5.82. The highest BCUT2D eigenvalue weighted by atomic mass is 16.3. The molecule has 6 heteroatoms. The van der Waals surface area contributed by atoms with Gasteiger partial charge in [0.15, 0.2) is 0 Å². The molecule has 0 atom stereocenters. The minimum atomic E-state index is -1.09. The molecule has 0 amide bonds. The molecule has 1 aliphatic carbocycles. The molecule has 2 aromatic rings. The van der Waals surface area contributed by atoms with E-state index in [1.807, 2.05) is 0 Å². The maximum atomic E-state index is 12.4. The van der Waals surface area contributed by atoms with Crippen LogP contribution >= 0.6 is 0 Å². The number of aromatic amines is 1. The molecule has 3 heterocycles. The van der Waals surface area contributed by atoms with E-state index in [0.29, 0.717) is 27.8 Å². The number of aromatic nitrogens is 2. The van der Waals surface area contributed by atoms with E-state index in [1.165, 1.54) is 19.3 Å². The summed E-state index contributed by atoms with van der Waals surface area (Å²) in [6, 6.07) is 5.55. The Hall–Kier alpha value is -2.39. The number of piperidine rings is 1. The molecule has 0 bridgehead atoms. The first kappa shape index (κ1) is 17.0. The second-order valence-electron chi connectivity index (χ2n) is 8.28. The predicted octanol–water partition coefficient (Wildman–Crippen LogP) is 2.79. The molecule has 0 radical (unpaired) electrons. The summed E-state index contributed by atoms with van der Waals surface area (Å²) in [7, 11) is 0. The van der Waals surface area contributed by atoms with Gasteiger partial charge in [-0.05, 0) is 57.1 Å². The number of fused-ring (bicyclic) bond motifs is 1. The molecule has 2 aliphatic rings. The molecule has 0 unspecified atom stereocenters. The lowest BCUT2D eigenvalue weighted by Crippen LogP contribution is -2.44. The fourth-order valence-electron chi connectivity index (χ4n) is 4.29. The van der Waals surface area contributed by atoms with Crippen molar-refractivity contribution in [2.75, 3.05) is 18.0 Å². The Bertz CT molecular complexity index is 951. The maximum Gasteiger partial charge on any atom is 0.268 e. The third-order valence-corrected chi connectivity index (χ3v) is 6.12. The van der Waals surface area contributed by atoms with Gasteiger partial charge >= 0.3 is 0 Å².